The van der Waals surface area contributed by atoms with E-state index in [1.807, 2.05) is 37.3 Å². The van der Waals surface area contributed by atoms with Gasteiger partial charge in [0.25, 0.3) is 5.91 Å². The SMILES string of the molecule is CC(=O)NCCNc1nc(-c2ccc(Cl)cc2)nc(NCCNC(=O)c2ccccc2)c1C. The van der Waals surface area contributed by atoms with Crippen LogP contribution in [0.25, 0.3) is 11.4 Å². The molecule has 0 aliphatic heterocycles. The van der Waals surface area contributed by atoms with Crippen LogP contribution in [0.4, 0.5) is 11.6 Å². The minimum atomic E-state index is -0.126. The number of nitrogens with one attached hydrogen (secondary N) is 4. The Morgan fingerprint density at radius 3 is 1.97 bits per heavy atom. The molecule has 0 aliphatic rings. The van der Waals surface area contributed by atoms with Crippen molar-refractivity contribution in [1.29, 1.82) is 0 Å². The van der Waals surface area contributed by atoms with E-state index < -0.39 is 0 Å². The van der Waals surface area contributed by atoms with Crippen molar-refractivity contribution in [2.75, 3.05) is 36.8 Å². The standard InChI is InChI=1S/C24H27ClN6O2/c1-16-21(27-13-12-26-17(2)32)30-23(18-8-10-20(25)11-9-18)31-22(16)28-14-15-29-24(33)19-6-4-3-5-7-19/h3-11H,12-15H2,1-2H3,(H,26,32)(H,29,33)(H2,27,28,30,31). The third kappa shape index (κ3) is 7.18. The number of benzene rings is 2. The molecule has 0 saturated heterocycles. The minimum Gasteiger partial charge on any atom is -0.368 e. The van der Waals surface area contributed by atoms with E-state index in [1.165, 1.54) is 6.92 Å². The number of anilines is 2. The number of aromatic nitrogens is 2. The Hall–Kier alpha value is -3.65. The van der Waals surface area contributed by atoms with Crippen LogP contribution in [0.5, 0.6) is 0 Å². The molecule has 3 aromatic rings. The van der Waals surface area contributed by atoms with E-state index >= 15 is 0 Å². The van der Waals surface area contributed by atoms with Gasteiger partial charge in [-0.05, 0) is 43.3 Å². The summed E-state index contributed by atoms with van der Waals surface area (Å²) in [7, 11) is 0. The minimum absolute atomic E-state index is 0.0852. The molecule has 1 heterocycles. The first-order valence-corrected chi connectivity index (χ1v) is 11.0. The van der Waals surface area contributed by atoms with Gasteiger partial charge in [-0.3, -0.25) is 9.59 Å². The Kier molecular flexibility index (Phi) is 8.60. The molecule has 9 heteroatoms. The number of hydrogen-bond donors (Lipinski definition) is 4. The van der Waals surface area contributed by atoms with Gasteiger partial charge in [0, 0.05) is 54.8 Å². The first-order chi connectivity index (χ1) is 15.9. The summed E-state index contributed by atoms with van der Waals surface area (Å²) in [5, 5.41) is 12.8. The summed E-state index contributed by atoms with van der Waals surface area (Å²) in [4.78, 5) is 32.7. The van der Waals surface area contributed by atoms with Crippen LogP contribution in [0.2, 0.25) is 5.02 Å². The van der Waals surface area contributed by atoms with Gasteiger partial charge in [-0.1, -0.05) is 29.8 Å². The predicted octanol–water partition coefficient (Wildman–Crippen LogP) is 3.50. The fourth-order valence-corrected chi connectivity index (χ4v) is 3.18. The lowest BCUT2D eigenvalue weighted by Gasteiger charge is -2.16. The van der Waals surface area contributed by atoms with E-state index in [2.05, 4.69) is 31.2 Å². The summed E-state index contributed by atoms with van der Waals surface area (Å²) in [5.41, 5.74) is 2.28. The second-order valence-electron chi connectivity index (χ2n) is 7.33. The maximum atomic E-state index is 12.2. The second-order valence-corrected chi connectivity index (χ2v) is 7.77. The summed E-state index contributed by atoms with van der Waals surface area (Å²) in [6.45, 7) is 5.30. The third-order valence-corrected chi connectivity index (χ3v) is 5.03. The maximum Gasteiger partial charge on any atom is 0.251 e. The highest BCUT2D eigenvalue weighted by molar-refractivity contribution is 6.30. The van der Waals surface area contributed by atoms with Crippen LogP contribution in [-0.4, -0.2) is 48.0 Å². The lowest BCUT2D eigenvalue weighted by molar-refractivity contribution is -0.118. The summed E-state index contributed by atoms with van der Waals surface area (Å²) < 4.78 is 0. The fourth-order valence-electron chi connectivity index (χ4n) is 3.06. The Morgan fingerprint density at radius 1 is 0.818 bits per heavy atom. The van der Waals surface area contributed by atoms with Crippen LogP contribution < -0.4 is 21.3 Å². The highest BCUT2D eigenvalue weighted by Crippen LogP contribution is 2.26. The van der Waals surface area contributed by atoms with Crippen molar-refractivity contribution >= 4 is 35.1 Å². The van der Waals surface area contributed by atoms with Crippen molar-refractivity contribution in [3.63, 3.8) is 0 Å². The van der Waals surface area contributed by atoms with Gasteiger partial charge in [0.15, 0.2) is 5.82 Å². The van der Waals surface area contributed by atoms with Crippen molar-refractivity contribution < 1.29 is 9.59 Å². The topological polar surface area (TPSA) is 108 Å². The zero-order chi connectivity index (χ0) is 23.6. The Morgan fingerprint density at radius 2 is 1.39 bits per heavy atom. The van der Waals surface area contributed by atoms with Crippen molar-refractivity contribution in [2.45, 2.75) is 13.8 Å². The number of amides is 2. The predicted molar refractivity (Wildman–Crippen MR) is 132 cm³/mol. The summed E-state index contributed by atoms with van der Waals surface area (Å²) in [6.07, 6.45) is 0. The van der Waals surface area contributed by atoms with Crippen LogP contribution in [0.1, 0.15) is 22.8 Å². The fraction of sp³-hybridized carbons (Fsp3) is 0.250. The van der Waals surface area contributed by atoms with Gasteiger partial charge in [0.1, 0.15) is 11.6 Å². The van der Waals surface area contributed by atoms with Crippen molar-refractivity contribution in [3.8, 4) is 11.4 Å². The average Bonchev–Trinajstić information content (AvgIpc) is 2.82. The summed E-state index contributed by atoms with van der Waals surface area (Å²) in [6, 6.07) is 16.4. The quantitative estimate of drug-likeness (QED) is 0.341. The normalized spacial score (nSPS) is 10.4. The van der Waals surface area contributed by atoms with Crippen molar-refractivity contribution in [3.05, 3.63) is 70.7 Å². The zero-order valence-corrected chi connectivity index (χ0v) is 19.4. The Bertz CT molecular complexity index is 1090. The molecule has 0 unspecified atom stereocenters. The molecular formula is C24H27ClN6O2. The van der Waals surface area contributed by atoms with Gasteiger partial charge in [-0.2, -0.15) is 0 Å². The van der Waals surface area contributed by atoms with Crippen molar-refractivity contribution in [2.24, 2.45) is 0 Å². The Balaban J connectivity index is 1.70. The highest BCUT2D eigenvalue weighted by atomic mass is 35.5. The Labute approximate surface area is 198 Å². The number of carbonyl (C=O) groups excluding carboxylic acids is 2. The highest BCUT2D eigenvalue weighted by Gasteiger charge is 2.13. The average molecular weight is 467 g/mol. The van der Waals surface area contributed by atoms with E-state index in [-0.39, 0.29) is 11.8 Å². The molecule has 0 bridgehead atoms. The number of halogens is 1. The number of nitrogens with zero attached hydrogens (tertiary/aromatic N) is 2. The molecule has 0 aliphatic carbocycles. The molecule has 4 N–H and O–H groups in total. The van der Waals surface area contributed by atoms with Gasteiger partial charge in [-0.15, -0.1) is 0 Å². The van der Waals surface area contributed by atoms with Crippen LogP contribution in [0.3, 0.4) is 0 Å². The van der Waals surface area contributed by atoms with E-state index in [4.69, 9.17) is 11.6 Å². The lowest BCUT2D eigenvalue weighted by atomic mass is 10.2. The van der Waals surface area contributed by atoms with Gasteiger partial charge >= 0.3 is 0 Å². The maximum absolute atomic E-state index is 12.2. The molecule has 1 aromatic heterocycles. The molecular weight excluding hydrogens is 440 g/mol. The van der Waals surface area contributed by atoms with Gasteiger partial charge in [-0.25, -0.2) is 9.97 Å². The molecule has 0 radical (unpaired) electrons. The number of hydrogen-bond acceptors (Lipinski definition) is 6. The molecule has 3 rings (SSSR count). The number of carbonyl (C=O) groups is 2. The first kappa shape index (κ1) is 24.0. The number of rotatable bonds is 10. The van der Waals surface area contributed by atoms with E-state index in [0.717, 1.165) is 11.1 Å². The molecule has 2 aromatic carbocycles. The van der Waals surface area contributed by atoms with Crippen LogP contribution in [0.15, 0.2) is 54.6 Å². The third-order valence-electron chi connectivity index (χ3n) is 4.78. The molecule has 2 amide bonds. The molecule has 172 valence electrons. The summed E-state index contributed by atoms with van der Waals surface area (Å²) in [5.74, 6) is 1.65. The largest absolute Gasteiger partial charge is 0.368 e. The van der Waals surface area contributed by atoms with Crippen LogP contribution in [-0.2, 0) is 4.79 Å². The van der Waals surface area contributed by atoms with Crippen molar-refractivity contribution in [1.82, 2.24) is 20.6 Å². The van der Waals surface area contributed by atoms with Gasteiger partial charge in [0.05, 0.1) is 0 Å². The molecule has 0 atom stereocenters. The molecule has 0 saturated carbocycles. The smallest absolute Gasteiger partial charge is 0.251 e. The lowest BCUT2D eigenvalue weighted by Crippen LogP contribution is -2.29. The molecule has 0 spiro atoms. The van der Waals surface area contributed by atoms with Crippen LogP contribution in [0, 0.1) is 6.92 Å². The van der Waals surface area contributed by atoms with Gasteiger partial charge < -0.3 is 21.3 Å². The molecule has 0 fully saturated rings. The van der Waals surface area contributed by atoms with Crippen LogP contribution >= 0.6 is 11.6 Å². The zero-order valence-electron chi connectivity index (χ0n) is 18.6. The molecule has 33 heavy (non-hydrogen) atoms. The van der Waals surface area contributed by atoms with Gasteiger partial charge in [0.2, 0.25) is 5.91 Å². The van der Waals surface area contributed by atoms with E-state index in [9.17, 15) is 9.59 Å². The van der Waals surface area contributed by atoms with E-state index in [0.29, 0.717) is 54.2 Å². The monoisotopic (exact) mass is 466 g/mol. The molecule has 8 nitrogen and oxygen atoms in total. The second kappa shape index (κ2) is 11.8. The van der Waals surface area contributed by atoms with E-state index in [1.54, 1.807) is 24.3 Å². The first-order valence-electron chi connectivity index (χ1n) is 10.6. The summed E-state index contributed by atoms with van der Waals surface area (Å²) >= 11 is 6.02.